The number of rotatable bonds is 10. The Hall–Kier alpha value is -0.230. The summed E-state index contributed by atoms with van der Waals surface area (Å²) in [4.78, 5) is 8.53. The summed E-state index contributed by atoms with van der Waals surface area (Å²) in [5.41, 5.74) is 1.66. The van der Waals surface area contributed by atoms with E-state index in [4.69, 9.17) is 9.26 Å². The maximum Gasteiger partial charge on any atom is 0.316 e. The van der Waals surface area contributed by atoms with Crippen LogP contribution in [0, 0.1) is 6.92 Å². The molecule has 1 aromatic heterocycles. The van der Waals surface area contributed by atoms with Crippen LogP contribution in [0.5, 0.6) is 6.01 Å². The Morgan fingerprint density at radius 2 is 1.95 bits per heavy atom. The maximum atomic E-state index is 12.7. The highest BCUT2D eigenvalue weighted by atomic mass is 33.1. The molecule has 5 nitrogen and oxygen atoms in total. The third-order valence-electron chi connectivity index (χ3n) is 2.27. The Morgan fingerprint density at radius 3 is 2.57 bits per heavy atom. The van der Waals surface area contributed by atoms with Gasteiger partial charge in [0.05, 0.1) is 18.9 Å². The minimum atomic E-state index is -2.71. The smallest absolute Gasteiger partial charge is 0.316 e. The van der Waals surface area contributed by atoms with E-state index in [1.165, 1.54) is 22.8 Å². The van der Waals surface area contributed by atoms with Gasteiger partial charge in [-0.15, -0.1) is 0 Å². The summed E-state index contributed by atoms with van der Waals surface area (Å²) >= 11 is 2.74. The summed E-state index contributed by atoms with van der Waals surface area (Å²) in [5.74, 6) is -1.36. The second kappa shape index (κ2) is 9.72. The van der Waals surface area contributed by atoms with Gasteiger partial charge in [0.15, 0.2) is 0 Å². The number of ether oxygens (including phenoxy) is 1. The standard InChI is InChI=1S/C13H23N2O3PS2/c1-5-8-20-19(16,18-7-3)21-10-12-9-11(4)14-13(15-12)17-6-2/h9H,5-8,10H2,1-4H3. The van der Waals surface area contributed by atoms with Gasteiger partial charge < -0.3 is 9.26 Å². The van der Waals surface area contributed by atoms with Crippen molar-refractivity contribution in [1.82, 2.24) is 9.97 Å². The Bertz CT molecular complexity index is 488. The molecule has 0 aliphatic rings. The average molecular weight is 350 g/mol. The zero-order valence-corrected chi connectivity index (χ0v) is 15.5. The highest BCUT2D eigenvalue weighted by Crippen LogP contribution is 2.70. The van der Waals surface area contributed by atoms with Gasteiger partial charge in [0.2, 0.25) is 0 Å². The van der Waals surface area contributed by atoms with Crippen molar-refractivity contribution in [3.05, 3.63) is 17.5 Å². The van der Waals surface area contributed by atoms with Crippen LogP contribution in [0.15, 0.2) is 6.07 Å². The lowest BCUT2D eigenvalue weighted by molar-refractivity contribution is 0.311. The normalized spacial score (nSPS) is 13.9. The lowest BCUT2D eigenvalue weighted by atomic mass is 10.4. The SMILES string of the molecule is CCCSP(=O)(OCC)SCc1cc(C)nc(OCC)n1. The molecule has 1 aromatic rings. The van der Waals surface area contributed by atoms with Crippen molar-refractivity contribution in [2.45, 2.75) is 39.9 Å². The van der Waals surface area contributed by atoms with Crippen LogP contribution in [-0.4, -0.2) is 28.9 Å². The second-order valence-electron chi connectivity index (χ2n) is 4.19. The Balaban J connectivity index is 2.72. The van der Waals surface area contributed by atoms with E-state index in [0.717, 1.165) is 23.6 Å². The van der Waals surface area contributed by atoms with Crippen LogP contribution in [0.25, 0.3) is 0 Å². The van der Waals surface area contributed by atoms with E-state index in [2.05, 4.69) is 16.9 Å². The van der Waals surface area contributed by atoms with E-state index in [1.807, 2.05) is 26.8 Å². The van der Waals surface area contributed by atoms with Crippen molar-refractivity contribution in [3.63, 3.8) is 0 Å². The van der Waals surface area contributed by atoms with Crippen molar-refractivity contribution in [2.75, 3.05) is 19.0 Å². The van der Waals surface area contributed by atoms with Crippen LogP contribution in [0.4, 0.5) is 0 Å². The van der Waals surface area contributed by atoms with E-state index >= 15 is 0 Å². The van der Waals surface area contributed by atoms with Crippen molar-refractivity contribution in [3.8, 4) is 6.01 Å². The zero-order chi connectivity index (χ0) is 15.7. The van der Waals surface area contributed by atoms with Crippen molar-refractivity contribution >= 4 is 28.5 Å². The second-order valence-corrected chi connectivity index (χ2v) is 11.7. The van der Waals surface area contributed by atoms with Crippen molar-refractivity contribution in [2.24, 2.45) is 0 Å². The number of hydrogen-bond donors (Lipinski definition) is 0. The van der Waals surface area contributed by atoms with Crippen molar-refractivity contribution in [1.29, 1.82) is 0 Å². The molecular formula is C13H23N2O3PS2. The number of hydrogen-bond acceptors (Lipinski definition) is 7. The Labute approximate surface area is 135 Å². The van der Waals surface area contributed by atoms with E-state index in [1.54, 1.807) is 0 Å². The monoisotopic (exact) mass is 350 g/mol. The van der Waals surface area contributed by atoms with Gasteiger partial charge in [-0.1, -0.05) is 29.7 Å². The molecule has 0 radical (unpaired) electrons. The van der Waals surface area contributed by atoms with Gasteiger partial charge in [0.25, 0.3) is 0 Å². The van der Waals surface area contributed by atoms with Crippen LogP contribution in [0.2, 0.25) is 0 Å². The summed E-state index contributed by atoms with van der Waals surface area (Å²) in [6.07, 6.45) is 0.976. The first kappa shape index (κ1) is 18.8. The molecule has 0 aliphatic heterocycles. The lowest BCUT2D eigenvalue weighted by Gasteiger charge is -2.15. The Morgan fingerprint density at radius 1 is 1.19 bits per heavy atom. The van der Waals surface area contributed by atoms with Crippen LogP contribution in [0.1, 0.15) is 38.6 Å². The third kappa shape index (κ3) is 7.04. The fourth-order valence-electron chi connectivity index (χ4n) is 1.49. The maximum absolute atomic E-state index is 12.7. The van der Waals surface area contributed by atoms with Gasteiger partial charge in [-0.05, 0) is 33.3 Å². The number of aromatic nitrogens is 2. The topological polar surface area (TPSA) is 61.3 Å². The van der Waals surface area contributed by atoms with Crippen LogP contribution in [-0.2, 0) is 14.8 Å². The number of nitrogens with zero attached hydrogens (tertiary/aromatic N) is 2. The zero-order valence-electron chi connectivity index (χ0n) is 13.0. The summed E-state index contributed by atoms with van der Waals surface area (Å²) in [6, 6.07) is 2.26. The quantitative estimate of drug-likeness (QED) is 0.567. The summed E-state index contributed by atoms with van der Waals surface area (Å²) < 4.78 is 23.5. The van der Waals surface area contributed by atoms with E-state index in [9.17, 15) is 4.57 Å². The highest BCUT2D eigenvalue weighted by molar-refractivity contribution is 8.89. The Kier molecular flexibility index (Phi) is 8.71. The molecule has 0 saturated carbocycles. The predicted molar refractivity (Wildman–Crippen MR) is 91.2 cm³/mol. The minimum Gasteiger partial charge on any atom is -0.464 e. The van der Waals surface area contributed by atoms with E-state index in [0.29, 0.717) is 25.0 Å². The van der Waals surface area contributed by atoms with Gasteiger partial charge in [-0.2, -0.15) is 4.98 Å². The first-order valence-electron chi connectivity index (χ1n) is 7.04. The van der Waals surface area contributed by atoms with E-state index < -0.39 is 5.77 Å². The molecule has 1 atom stereocenters. The largest absolute Gasteiger partial charge is 0.464 e. The van der Waals surface area contributed by atoms with E-state index in [-0.39, 0.29) is 0 Å². The lowest BCUT2D eigenvalue weighted by Crippen LogP contribution is -2.01. The molecule has 0 N–H and O–H groups in total. The molecule has 8 heteroatoms. The molecule has 0 spiro atoms. The number of aryl methyl sites for hydroxylation is 1. The molecule has 0 aromatic carbocycles. The van der Waals surface area contributed by atoms with Crippen LogP contribution in [0.3, 0.4) is 0 Å². The summed E-state index contributed by atoms with van der Waals surface area (Å²) in [7, 11) is 0. The van der Waals surface area contributed by atoms with Crippen LogP contribution < -0.4 is 4.74 Å². The molecule has 1 unspecified atom stereocenters. The first-order chi connectivity index (χ1) is 10.0. The predicted octanol–water partition coefficient (Wildman–Crippen LogP) is 4.70. The molecule has 0 fully saturated rings. The van der Waals surface area contributed by atoms with Gasteiger partial charge >= 0.3 is 11.8 Å². The molecule has 0 saturated heterocycles. The molecule has 0 bridgehead atoms. The molecular weight excluding hydrogens is 327 g/mol. The first-order valence-corrected chi connectivity index (χ1v) is 11.8. The fraction of sp³-hybridized carbons (Fsp3) is 0.692. The van der Waals surface area contributed by atoms with Gasteiger partial charge in [-0.3, -0.25) is 4.57 Å². The van der Waals surface area contributed by atoms with Gasteiger partial charge in [0.1, 0.15) is 0 Å². The van der Waals surface area contributed by atoms with Gasteiger partial charge in [0, 0.05) is 17.2 Å². The summed E-state index contributed by atoms with van der Waals surface area (Å²) in [5, 5.41) is 0. The summed E-state index contributed by atoms with van der Waals surface area (Å²) in [6.45, 7) is 8.70. The third-order valence-corrected chi connectivity index (χ3v) is 9.86. The van der Waals surface area contributed by atoms with Crippen molar-refractivity contribution < 1.29 is 13.8 Å². The van der Waals surface area contributed by atoms with Crippen LogP contribution >= 0.6 is 28.5 Å². The minimum absolute atomic E-state index is 0.376. The molecule has 0 amide bonds. The molecule has 0 aliphatic carbocycles. The molecule has 1 heterocycles. The molecule has 120 valence electrons. The molecule has 1 rings (SSSR count). The fourth-order valence-corrected chi connectivity index (χ4v) is 8.08. The average Bonchev–Trinajstić information content (AvgIpc) is 2.43. The van der Waals surface area contributed by atoms with Gasteiger partial charge in [-0.25, -0.2) is 4.98 Å². The highest BCUT2D eigenvalue weighted by Gasteiger charge is 2.24. The molecule has 21 heavy (non-hydrogen) atoms.